The molecule has 0 fully saturated rings. The van der Waals surface area contributed by atoms with Crippen LogP contribution in [0.1, 0.15) is 8.29 Å². The first-order chi connectivity index (χ1) is 2.41. The molecule has 1 nitrogen and oxygen atoms in total. The summed E-state index contributed by atoms with van der Waals surface area (Å²) < 4.78 is 5.50. The van der Waals surface area contributed by atoms with Gasteiger partial charge in [0.15, 0.2) is 0 Å². The van der Waals surface area contributed by atoms with Crippen molar-refractivity contribution in [1.29, 1.82) is 0 Å². The number of aliphatic hydroxyl groups excluding tert-OH is 1. The van der Waals surface area contributed by atoms with Crippen molar-refractivity contribution in [2.45, 2.75) is 6.92 Å². The van der Waals surface area contributed by atoms with E-state index in [9.17, 15) is 0 Å². The van der Waals surface area contributed by atoms with Crippen LogP contribution in [0.4, 0.5) is 0 Å². The molecule has 32 valence electrons. The third kappa shape index (κ3) is 77.6. The Morgan fingerprint density at radius 3 is 2.00 bits per heavy atom. The van der Waals surface area contributed by atoms with Gasteiger partial charge >= 0.3 is 21.1 Å². The molecule has 0 amide bonds. The second kappa shape index (κ2) is 22.8. The largest absolute Gasteiger partial charge is 2.00 e. The molecule has 5 heavy (non-hydrogen) atoms. The van der Waals surface area contributed by atoms with Gasteiger partial charge in [-0.3, -0.25) is 0 Å². The van der Waals surface area contributed by atoms with Crippen LogP contribution in [0, 0.1) is 14.0 Å². The molecule has 0 unspecified atom stereocenters. The fourth-order valence-corrected chi connectivity index (χ4v) is 0. The predicted molar refractivity (Wildman–Crippen MR) is 18.3 cm³/mol. The van der Waals surface area contributed by atoms with Crippen molar-refractivity contribution in [2.75, 3.05) is 0 Å². The van der Waals surface area contributed by atoms with E-state index in [4.69, 9.17) is 6.48 Å². The zero-order valence-electron chi connectivity index (χ0n) is 4.14. The molecule has 1 N–H and O–H groups in total. The average molecular weight is 245 g/mol. The van der Waals surface area contributed by atoms with Gasteiger partial charge in [-0.25, -0.2) is 7.98 Å². The van der Waals surface area contributed by atoms with Crippen LogP contribution >= 0.6 is 0 Å². The Kier molecular flexibility index (Phi) is 41.8. The van der Waals surface area contributed by atoms with E-state index >= 15 is 0 Å². The fourth-order valence-electron chi connectivity index (χ4n) is 0. The van der Waals surface area contributed by atoms with E-state index in [1.54, 1.807) is 6.92 Å². The van der Waals surface area contributed by atoms with Crippen LogP contribution in [0.15, 0.2) is 0 Å². The molecule has 0 aliphatic rings. The topological polar surface area (TPSA) is 20.2 Å². The van der Waals surface area contributed by atoms with Gasteiger partial charge in [-0.1, -0.05) is 0 Å². The molecule has 0 aliphatic carbocycles. The molecule has 0 aromatic rings. The van der Waals surface area contributed by atoms with Crippen LogP contribution in [0.25, 0.3) is 0 Å². The Morgan fingerprint density at radius 1 is 2.00 bits per heavy atom. The number of hydrogen-bond acceptors (Lipinski definition) is 1. The van der Waals surface area contributed by atoms with E-state index in [0.29, 0.717) is 0 Å². The minimum atomic E-state index is 0. The van der Waals surface area contributed by atoms with E-state index in [1.807, 2.05) is 0 Å². The monoisotopic (exact) mass is 245 g/mol. The Bertz CT molecular complexity index is 10.8. The van der Waals surface area contributed by atoms with Gasteiger partial charge in [0, 0.05) is 0 Å². The smallest absolute Gasteiger partial charge is 0.566 e. The van der Waals surface area contributed by atoms with Gasteiger partial charge in [-0.15, -0.1) is 0 Å². The van der Waals surface area contributed by atoms with Crippen LogP contribution in [-0.4, -0.2) is 5.11 Å². The van der Waals surface area contributed by atoms with Gasteiger partial charge < -0.3 is 12.5 Å². The Hall–Kier alpha value is 0.648. The first kappa shape index (κ1) is 9.17. The third-order valence-corrected chi connectivity index (χ3v) is 0. The van der Waals surface area contributed by atoms with E-state index in [0.717, 1.165) is 6.61 Å². The maximum atomic E-state index is 7.44. The molecule has 0 aromatic carbocycles. The Morgan fingerprint density at radius 2 is 2.00 bits per heavy atom. The molecular weight excluding hydrogens is 236 g/mol. The molecule has 0 spiro atoms. The van der Waals surface area contributed by atoms with E-state index in [1.165, 1.54) is 0 Å². The van der Waals surface area contributed by atoms with Gasteiger partial charge in [-0.05, 0) is 0 Å². The van der Waals surface area contributed by atoms with Crippen molar-refractivity contribution in [3.63, 3.8) is 0 Å². The summed E-state index contributed by atoms with van der Waals surface area (Å²) in [4.78, 5) is 0. The maximum absolute atomic E-state index is 7.44. The van der Waals surface area contributed by atoms with Crippen molar-refractivity contribution in [1.82, 2.24) is 0 Å². The molecule has 0 bridgehead atoms. The van der Waals surface area contributed by atoms with Gasteiger partial charge in [-0.2, -0.15) is 6.92 Å². The number of aliphatic hydroxyl groups is 1. The van der Waals surface area contributed by atoms with Crippen molar-refractivity contribution in [3.05, 3.63) is 14.0 Å². The summed E-state index contributed by atoms with van der Waals surface area (Å²) in [6.45, 7) is 2.56. The zero-order chi connectivity index (χ0) is 4.71. The summed E-state index contributed by atoms with van der Waals surface area (Å²) in [5.74, 6) is 0. The average Bonchev–Trinajstić information content (AvgIpc) is 1.46. The second-order valence-corrected chi connectivity index (χ2v) is 0.258. The number of hydrogen-bond donors (Lipinski definition) is 1. The zero-order valence-corrected chi connectivity index (χ0v) is 6.07. The molecule has 0 saturated carbocycles. The van der Waals surface area contributed by atoms with Crippen LogP contribution in [0.5, 0.6) is 0 Å². The first-order valence-electron chi connectivity index (χ1n) is 1.54. The summed E-state index contributed by atoms with van der Waals surface area (Å²) in [5.41, 5.74) is 0. The minimum Gasteiger partial charge on any atom is -0.566 e. The van der Waals surface area contributed by atoms with Crippen LogP contribution in [-0.2, 0) is 21.1 Å². The standard InChI is InChI=1S/C2H5O.CH3.W/c1-2-3;;/h2-3H,1H3;1H3;/q2*-1;+2/i;1D;. The van der Waals surface area contributed by atoms with Gasteiger partial charge in [0.2, 0.25) is 0 Å². The molecule has 0 saturated heterocycles. The quantitative estimate of drug-likeness (QED) is 0.631. The molecule has 2 heteroatoms. The van der Waals surface area contributed by atoms with E-state index in [-0.39, 0.29) is 21.1 Å². The number of rotatable bonds is 0. The molecule has 0 aromatic heterocycles. The van der Waals surface area contributed by atoms with Gasteiger partial charge in [0.1, 0.15) is 0 Å². The summed E-state index contributed by atoms with van der Waals surface area (Å²) >= 11 is 0. The van der Waals surface area contributed by atoms with Gasteiger partial charge in [0.05, 0.1) is 0 Å². The third-order valence-electron chi connectivity index (χ3n) is 0. The van der Waals surface area contributed by atoms with Crippen molar-refractivity contribution in [3.8, 4) is 0 Å². The molecule has 0 rings (SSSR count). The summed E-state index contributed by atoms with van der Waals surface area (Å²) in [7, 11) is 2.50. The van der Waals surface area contributed by atoms with Crippen LogP contribution in [0.3, 0.4) is 0 Å². The first-order valence-corrected chi connectivity index (χ1v) is 0.836. The Labute approximate surface area is 49.1 Å². The second-order valence-electron chi connectivity index (χ2n) is 0.258. The van der Waals surface area contributed by atoms with Crippen molar-refractivity contribution in [2.24, 2.45) is 0 Å². The van der Waals surface area contributed by atoms with E-state index < -0.39 is 0 Å². The van der Waals surface area contributed by atoms with E-state index in [2.05, 4.69) is 7.40 Å². The summed E-state index contributed by atoms with van der Waals surface area (Å²) in [6.07, 6.45) is 0. The van der Waals surface area contributed by atoms with Gasteiger partial charge in [0.25, 0.3) is 0 Å². The SMILES string of the molecule is C[CH-]O.[2H][CH2-].[W+2]. The molecule has 0 radical (unpaired) electrons. The molecule has 0 aliphatic heterocycles. The normalized spacial score (nSPS) is 5.00. The predicted octanol–water partition coefficient (Wildman–Crippen LogP) is 0.988. The van der Waals surface area contributed by atoms with Crippen LogP contribution < -0.4 is 0 Å². The Balaban J connectivity index is -0.0000000275. The summed E-state index contributed by atoms with van der Waals surface area (Å²) in [5, 5.41) is 7.44. The molecule has 0 heterocycles. The van der Waals surface area contributed by atoms with Crippen molar-refractivity contribution < 1.29 is 27.5 Å². The molecular formula is C3H8OW. The fraction of sp³-hybridized carbons (Fsp3) is 0.333. The summed E-state index contributed by atoms with van der Waals surface area (Å²) in [6, 6.07) is 0. The molecule has 0 atom stereocenters. The minimum absolute atomic E-state index is 0. The maximum Gasteiger partial charge on any atom is 2.00 e. The van der Waals surface area contributed by atoms with Crippen LogP contribution in [0.2, 0.25) is 0 Å². The van der Waals surface area contributed by atoms with Crippen molar-refractivity contribution >= 4 is 0 Å².